The Hall–Kier alpha value is -1.99. The van der Waals surface area contributed by atoms with Crippen molar-refractivity contribution in [1.29, 1.82) is 0 Å². The van der Waals surface area contributed by atoms with Crippen molar-refractivity contribution in [3.63, 3.8) is 0 Å². The molecule has 1 aliphatic carbocycles. The number of fused-ring (bicyclic) bond motifs is 2. The van der Waals surface area contributed by atoms with Crippen molar-refractivity contribution in [2.24, 2.45) is 5.73 Å². The minimum atomic E-state index is -1.61. The fourth-order valence-corrected chi connectivity index (χ4v) is 15.4. The van der Waals surface area contributed by atoms with Crippen LogP contribution in [0.15, 0.2) is 23.8 Å². The molecule has 140 valence electrons. The molecule has 0 fully saturated rings. The average molecular weight is 396 g/mol. The largest absolute Gasteiger partial charge is 0.366 e. The molecule has 2 aromatic carbocycles. The van der Waals surface area contributed by atoms with Gasteiger partial charge in [-0.15, -0.1) is 0 Å². The number of hydrogen-bond donors (Lipinski definition) is 1. The zero-order chi connectivity index (χ0) is 19.9. The fourth-order valence-electron chi connectivity index (χ4n) is 4.88. The molecule has 1 aliphatic heterocycles. The molecule has 0 radical (unpaired) electrons. The summed E-state index contributed by atoms with van der Waals surface area (Å²) in [5.41, 5.74) is 12.4. The highest BCUT2D eigenvalue weighted by Gasteiger charge is 2.56. The highest BCUT2D eigenvalue weighted by Crippen LogP contribution is 2.40. The molecule has 0 atom stereocenters. The second-order valence-corrected chi connectivity index (χ2v) is 24.2. The maximum Gasteiger partial charge on any atom is 0.248 e. The molecule has 0 unspecified atom stereocenters. The van der Waals surface area contributed by atoms with Gasteiger partial charge in [0.15, 0.2) is 0 Å². The minimum Gasteiger partial charge on any atom is -0.366 e. The van der Waals surface area contributed by atoms with E-state index in [4.69, 9.17) is 5.73 Å². The number of nitrogens with two attached hydrogens (primary N) is 1. The lowest BCUT2D eigenvalue weighted by molar-refractivity contribution is 0.1000. The highest BCUT2D eigenvalue weighted by molar-refractivity contribution is 7.57. The van der Waals surface area contributed by atoms with Crippen LogP contribution in [0.3, 0.4) is 0 Å². The Morgan fingerprint density at radius 2 is 1.78 bits per heavy atom. The first-order valence-corrected chi connectivity index (χ1v) is 16.5. The summed E-state index contributed by atoms with van der Waals surface area (Å²) < 4.78 is 14.4. The van der Waals surface area contributed by atoms with Crippen molar-refractivity contribution < 1.29 is 9.18 Å². The van der Waals surface area contributed by atoms with Crippen LogP contribution < -0.4 is 16.1 Å². The van der Waals surface area contributed by atoms with Crippen LogP contribution in [0.4, 0.5) is 4.39 Å². The van der Waals surface area contributed by atoms with Gasteiger partial charge in [-0.1, -0.05) is 60.3 Å². The van der Waals surface area contributed by atoms with Crippen LogP contribution in [0.5, 0.6) is 0 Å². The van der Waals surface area contributed by atoms with E-state index in [2.05, 4.69) is 38.3 Å². The molecule has 2 aliphatic rings. The lowest BCUT2D eigenvalue weighted by Crippen LogP contribution is -2.85. The van der Waals surface area contributed by atoms with Gasteiger partial charge in [0.25, 0.3) is 0 Å². The summed E-state index contributed by atoms with van der Waals surface area (Å²) in [5, 5.41) is 2.82. The fraction of sp³-hybridized carbons (Fsp3) is 0.318. The first-order valence-electron chi connectivity index (χ1n) is 9.45. The Labute approximate surface area is 162 Å². The molecule has 1 amide bonds. The number of amides is 1. The minimum absolute atomic E-state index is 0.143. The molecule has 0 saturated carbocycles. The summed E-state index contributed by atoms with van der Waals surface area (Å²) in [6.07, 6.45) is 2.76. The van der Waals surface area contributed by atoms with Gasteiger partial charge in [0.05, 0.1) is 15.2 Å². The first kappa shape index (κ1) is 18.4. The van der Waals surface area contributed by atoms with Crippen LogP contribution >= 0.6 is 0 Å². The predicted molar refractivity (Wildman–Crippen MR) is 117 cm³/mol. The number of halogens is 1. The molecule has 0 spiro atoms. The van der Waals surface area contributed by atoms with Gasteiger partial charge in [-0.2, -0.15) is 0 Å². The van der Waals surface area contributed by atoms with Gasteiger partial charge in [-0.05, 0) is 54.2 Å². The van der Waals surface area contributed by atoms with Gasteiger partial charge in [0.1, 0.15) is 5.82 Å². The van der Waals surface area contributed by atoms with Gasteiger partial charge in [0.2, 0.25) is 5.91 Å². The van der Waals surface area contributed by atoms with Crippen molar-refractivity contribution in [2.45, 2.75) is 46.5 Å². The number of rotatable bonds is 2. The van der Waals surface area contributed by atoms with E-state index in [9.17, 15) is 9.18 Å². The smallest absolute Gasteiger partial charge is 0.248 e. The standard InChI is InChI=1S/C22H26FNOSi2/c1-12-9-16-14(7-8-18(23)17(16)10-12)20-13(2)15(22(24)25)11-19-21(20)27(5,6)26(19,3)4/h7-9,11H,10H2,1-6H3,(H2,24,25). The molecule has 27 heavy (non-hydrogen) atoms. The molecule has 5 heteroatoms. The van der Waals surface area contributed by atoms with Gasteiger partial charge in [-0.25, -0.2) is 4.39 Å². The van der Waals surface area contributed by atoms with E-state index in [0.29, 0.717) is 12.0 Å². The van der Waals surface area contributed by atoms with E-state index < -0.39 is 15.2 Å². The third kappa shape index (κ3) is 2.24. The van der Waals surface area contributed by atoms with Crippen molar-refractivity contribution in [2.75, 3.05) is 0 Å². The monoisotopic (exact) mass is 395 g/mol. The molecule has 2 nitrogen and oxygen atoms in total. The normalized spacial score (nSPS) is 18.4. The van der Waals surface area contributed by atoms with Gasteiger partial charge >= 0.3 is 0 Å². The van der Waals surface area contributed by atoms with E-state index in [1.807, 2.05) is 19.9 Å². The number of carbonyl (C=O) groups is 1. The van der Waals surface area contributed by atoms with E-state index in [1.54, 1.807) is 6.07 Å². The third-order valence-corrected chi connectivity index (χ3v) is 24.9. The topological polar surface area (TPSA) is 43.1 Å². The summed E-state index contributed by atoms with van der Waals surface area (Å²) in [6.45, 7) is 13.7. The lowest BCUT2D eigenvalue weighted by Gasteiger charge is -2.53. The molecular formula is C22H26FNOSi2. The Morgan fingerprint density at radius 1 is 1.11 bits per heavy atom. The summed E-state index contributed by atoms with van der Waals surface area (Å²) in [5.74, 6) is -0.520. The van der Waals surface area contributed by atoms with Crippen LogP contribution in [-0.2, 0) is 6.42 Å². The van der Waals surface area contributed by atoms with Crippen LogP contribution in [0.2, 0.25) is 26.2 Å². The molecular weight excluding hydrogens is 369 g/mol. The molecule has 1 heterocycles. The highest BCUT2D eigenvalue weighted by atomic mass is 29.3. The van der Waals surface area contributed by atoms with Crippen LogP contribution in [0, 0.1) is 12.7 Å². The van der Waals surface area contributed by atoms with Crippen LogP contribution in [0.25, 0.3) is 17.2 Å². The maximum absolute atomic E-state index is 14.4. The number of carbonyl (C=O) groups excluding carboxylic acids is 1. The number of benzene rings is 2. The summed E-state index contributed by atoms with van der Waals surface area (Å²) in [6, 6.07) is 5.54. The van der Waals surface area contributed by atoms with Crippen molar-refractivity contribution in [3.8, 4) is 11.1 Å². The lowest BCUT2D eigenvalue weighted by atomic mass is 9.91. The van der Waals surface area contributed by atoms with Gasteiger partial charge in [0, 0.05) is 5.56 Å². The first-order chi connectivity index (χ1) is 12.5. The SMILES string of the molecule is CC1=Cc2c(-c3c(C)c(C(N)=O)cc4c3[Si](C)(C)[Si]4(C)C)ccc(F)c2C1. The quantitative estimate of drug-likeness (QED) is 0.773. The maximum atomic E-state index is 14.4. The summed E-state index contributed by atoms with van der Waals surface area (Å²) in [4.78, 5) is 12.2. The Morgan fingerprint density at radius 3 is 2.41 bits per heavy atom. The van der Waals surface area contributed by atoms with Crippen molar-refractivity contribution >= 4 is 37.5 Å². The van der Waals surface area contributed by atoms with Crippen LogP contribution in [0.1, 0.15) is 34.0 Å². The molecule has 2 N–H and O–H groups in total. The number of hydrogen-bond acceptors (Lipinski definition) is 1. The number of primary amides is 1. The van der Waals surface area contributed by atoms with E-state index in [0.717, 1.165) is 27.8 Å². The average Bonchev–Trinajstić information content (AvgIpc) is 2.97. The Kier molecular flexibility index (Phi) is 3.76. The predicted octanol–water partition coefficient (Wildman–Crippen LogP) is 3.78. The molecule has 0 aromatic heterocycles. The Balaban J connectivity index is 2.13. The summed E-state index contributed by atoms with van der Waals surface area (Å²) in [7, 11) is -3.18. The van der Waals surface area contributed by atoms with Crippen LogP contribution in [-0.4, -0.2) is 21.1 Å². The second kappa shape index (κ2) is 5.52. The van der Waals surface area contributed by atoms with E-state index in [-0.39, 0.29) is 11.7 Å². The van der Waals surface area contributed by atoms with Gasteiger partial charge < -0.3 is 5.73 Å². The zero-order valence-electron chi connectivity index (χ0n) is 16.9. The van der Waals surface area contributed by atoms with Crippen molar-refractivity contribution in [1.82, 2.24) is 0 Å². The molecule has 2 aromatic rings. The van der Waals surface area contributed by atoms with E-state index in [1.165, 1.54) is 15.9 Å². The number of allylic oxidation sites excluding steroid dienone is 1. The van der Waals surface area contributed by atoms with E-state index >= 15 is 0 Å². The third-order valence-electron chi connectivity index (χ3n) is 7.13. The molecule has 0 bridgehead atoms. The molecule has 4 rings (SSSR count). The second-order valence-electron chi connectivity index (χ2n) is 9.12. The summed E-state index contributed by atoms with van der Waals surface area (Å²) >= 11 is 0. The van der Waals surface area contributed by atoms with Gasteiger partial charge in [-0.3, -0.25) is 4.79 Å². The van der Waals surface area contributed by atoms with Crippen molar-refractivity contribution in [3.05, 3.63) is 51.8 Å². The zero-order valence-corrected chi connectivity index (χ0v) is 18.9. The molecule has 0 saturated heterocycles. The Bertz CT molecular complexity index is 1070.